The molecule has 0 atom stereocenters. The summed E-state index contributed by atoms with van der Waals surface area (Å²) in [6.45, 7) is 0. The second kappa shape index (κ2) is 6.20. The van der Waals surface area contributed by atoms with Crippen LogP contribution >= 0.6 is 11.6 Å². The normalized spacial score (nSPS) is 11.5. The third-order valence-electron chi connectivity index (χ3n) is 3.35. The molecule has 0 unspecified atom stereocenters. The van der Waals surface area contributed by atoms with Crippen molar-refractivity contribution in [1.82, 2.24) is 4.98 Å². The first-order valence-corrected chi connectivity index (χ1v) is 7.25. The molecular weight excluding hydrogens is 343 g/mol. The van der Waals surface area contributed by atoms with Crippen molar-refractivity contribution in [2.24, 2.45) is 0 Å². The molecule has 7 heteroatoms. The molecule has 0 saturated carbocycles. The summed E-state index contributed by atoms with van der Waals surface area (Å²) >= 11 is 6.14. The Morgan fingerprint density at radius 3 is 2.46 bits per heavy atom. The van der Waals surface area contributed by atoms with Crippen LogP contribution in [-0.4, -0.2) is 18.5 Å². The van der Waals surface area contributed by atoms with Crippen molar-refractivity contribution < 1.29 is 22.6 Å². The highest BCUT2D eigenvalue weighted by Crippen LogP contribution is 2.39. The number of pyridine rings is 1. The van der Waals surface area contributed by atoms with Crippen LogP contribution in [0.5, 0.6) is 11.5 Å². The van der Waals surface area contributed by atoms with Gasteiger partial charge in [-0.25, -0.2) is 4.98 Å². The molecule has 0 spiro atoms. The van der Waals surface area contributed by atoms with Crippen LogP contribution < -0.4 is 9.47 Å². The smallest absolute Gasteiger partial charge is 0.494 e. The van der Waals surface area contributed by atoms with Gasteiger partial charge in [0.25, 0.3) is 0 Å². The van der Waals surface area contributed by atoms with Crippen LogP contribution in [0.3, 0.4) is 0 Å². The Bertz CT molecular complexity index is 897. The van der Waals surface area contributed by atoms with E-state index in [9.17, 15) is 13.2 Å². The summed E-state index contributed by atoms with van der Waals surface area (Å²) in [4.78, 5) is 4.40. The van der Waals surface area contributed by atoms with E-state index in [4.69, 9.17) is 16.3 Å². The number of nitrogens with zero attached hydrogens (tertiary/aromatic N) is 1. The lowest BCUT2D eigenvalue weighted by Gasteiger charge is -2.15. The molecule has 0 amide bonds. The molecule has 2 aromatic carbocycles. The van der Waals surface area contributed by atoms with Crippen molar-refractivity contribution in [2.45, 2.75) is 6.36 Å². The Kier molecular flexibility index (Phi) is 4.24. The first-order valence-electron chi connectivity index (χ1n) is 6.87. The molecule has 24 heavy (non-hydrogen) atoms. The topological polar surface area (TPSA) is 31.4 Å². The lowest BCUT2D eigenvalue weighted by Crippen LogP contribution is -2.17. The first-order chi connectivity index (χ1) is 11.4. The van der Waals surface area contributed by atoms with Gasteiger partial charge in [-0.2, -0.15) is 0 Å². The zero-order valence-electron chi connectivity index (χ0n) is 12.4. The molecule has 3 nitrogen and oxygen atoms in total. The Labute approximate surface area is 140 Å². The minimum absolute atomic E-state index is 0.161. The SMILES string of the molecule is COc1cc2cccc(Cl)c2nc1-c1ccccc1OC(F)(F)F. The maximum absolute atomic E-state index is 12.6. The van der Waals surface area contributed by atoms with Crippen LogP contribution in [0.2, 0.25) is 5.02 Å². The zero-order chi connectivity index (χ0) is 17.3. The monoisotopic (exact) mass is 353 g/mol. The largest absolute Gasteiger partial charge is 0.573 e. The number of ether oxygens (including phenoxy) is 2. The zero-order valence-corrected chi connectivity index (χ0v) is 13.2. The summed E-state index contributed by atoms with van der Waals surface area (Å²) in [7, 11) is 1.42. The van der Waals surface area contributed by atoms with E-state index in [0.717, 1.165) is 5.39 Å². The van der Waals surface area contributed by atoms with Crippen LogP contribution in [0.15, 0.2) is 48.5 Å². The number of aromatic nitrogens is 1. The van der Waals surface area contributed by atoms with Gasteiger partial charge in [-0.15, -0.1) is 13.2 Å². The highest BCUT2D eigenvalue weighted by Gasteiger charge is 2.32. The van der Waals surface area contributed by atoms with E-state index in [2.05, 4.69) is 9.72 Å². The van der Waals surface area contributed by atoms with E-state index in [1.807, 2.05) is 0 Å². The van der Waals surface area contributed by atoms with Gasteiger partial charge in [0.05, 0.1) is 17.6 Å². The van der Waals surface area contributed by atoms with Crippen molar-refractivity contribution in [1.29, 1.82) is 0 Å². The van der Waals surface area contributed by atoms with Gasteiger partial charge in [-0.1, -0.05) is 35.9 Å². The van der Waals surface area contributed by atoms with Crippen molar-refractivity contribution in [3.8, 4) is 22.8 Å². The number of hydrogen-bond donors (Lipinski definition) is 0. The van der Waals surface area contributed by atoms with Crippen molar-refractivity contribution in [3.63, 3.8) is 0 Å². The summed E-state index contributed by atoms with van der Waals surface area (Å²) in [6.07, 6.45) is -4.81. The van der Waals surface area contributed by atoms with E-state index in [1.165, 1.54) is 25.3 Å². The van der Waals surface area contributed by atoms with Gasteiger partial charge in [0.2, 0.25) is 0 Å². The predicted octanol–water partition coefficient (Wildman–Crippen LogP) is 5.46. The lowest BCUT2D eigenvalue weighted by molar-refractivity contribution is -0.274. The van der Waals surface area contributed by atoms with Crippen LogP contribution in [0.1, 0.15) is 0 Å². The van der Waals surface area contributed by atoms with Gasteiger partial charge < -0.3 is 9.47 Å². The fraction of sp³-hybridized carbons (Fsp3) is 0.118. The summed E-state index contributed by atoms with van der Waals surface area (Å²) in [5.41, 5.74) is 0.850. The molecule has 0 fully saturated rings. The van der Waals surface area contributed by atoms with Gasteiger partial charge in [0.15, 0.2) is 0 Å². The molecule has 0 saturated heterocycles. The minimum atomic E-state index is -4.81. The third kappa shape index (κ3) is 3.23. The number of alkyl halides is 3. The number of para-hydroxylation sites is 2. The van der Waals surface area contributed by atoms with Crippen LogP contribution in [-0.2, 0) is 0 Å². The van der Waals surface area contributed by atoms with Crippen LogP contribution in [0, 0.1) is 0 Å². The van der Waals surface area contributed by atoms with E-state index >= 15 is 0 Å². The lowest BCUT2D eigenvalue weighted by atomic mass is 10.1. The first kappa shape index (κ1) is 16.4. The molecule has 0 radical (unpaired) electrons. The van der Waals surface area contributed by atoms with E-state index in [1.54, 1.807) is 30.3 Å². The second-order valence-electron chi connectivity index (χ2n) is 4.89. The Balaban J connectivity index is 2.24. The molecule has 0 aliphatic carbocycles. The molecule has 3 rings (SSSR count). The Morgan fingerprint density at radius 2 is 1.75 bits per heavy atom. The highest BCUT2D eigenvalue weighted by molar-refractivity contribution is 6.35. The van der Waals surface area contributed by atoms with Crippen molar-refractivity contribution in [2.75, 3.05) is 7.11 Å². The predicted molar refractivity (Wildman–Crippen MR) is 85.4 cm³/mol. The fourth-order valence-electron chi connectivity index (χ4n) is 2.37. The summed E-state index contributed by atoms with van der Waals surface area (Å²) in [5, 5.41) is 1.11. The molecule has 1 heterocycles. The van der Waals surface area contributed by atoms with Crippen LogP contribution in [0.25, 0.3) is 22.2 Å². The second-order valence-corrected chi connectivity index (χ2v) is 5.30. The molecule has 0 aliphatic rings. The van der Waals surface area contributed by atoms with Gasteiger partial charge >= 0.3 is 6.36 Å². The van der Waals surface area contributed by atoms with Gasteiger partial charge in [0, 0.05) is 10.9 Å². The van der Waals surface area contributed by atoms with E-state index in [0.29, 0.717) is 16.3 Å². The number of rotatable bonds is 3. The summed E-state index contributed by atoms with van der Waals surface area (Å²) in [6, 6.07) is 12.6. The number of halogens is 4. The number of fused-ring (bicyclic) bond motifs is 1. The maximum atomic E-state index is 12.6. The third-order valence-corrected chi connectivity index (χ3v) is 3.65. The fourth-order valence-corrected chi connectivity index (χ4v) is 2.59. The minimum Gasteiger partial charge on any atom is -0.494 e. The molecule has 0 bridgehead atoms. The van der Waals surface area contributed by atoms with Gasteiger partial charge in [-0.3, -0.25) is 0 Å². The molecule has 0 aliphatic heterocycles. The molecule has 0 N–H and O–H groups in total. The average molecular weight is 354 g/mol. The number of benzene rings is 2. The van der Waals surface area contributed by atoms with Crippen molar-refractivity contribution >= 4 is 22.5 Å². The van der Waals surface area contributed by atoms with Gasteiger partial charge in [-0.05, 0) is 24.3 Å². The summed E-state index contributed by atoms with van der Waals surface area (Å²) in [5.74, 6) is -0.0369. The van der Waals surface area contributed by atoms with E-state index < -0.39 is 6.36 Å². The average Bonchev–Trinajstić information content (AvgIpc) is 2.53. The van der Waals surface area contributed by atoms with Gasteiger partial charge in [0.1, 0.15) is 17.2 Å². The summed E-state index contributed by atoms with van der Waals surface area (Å²) < 4.78 is 47.3. The Hall–Kier alpha value is -2.47. The number of hydrogen-bond acceptors (Lipinski definition) is 3. The van der Waals surface area contributed by atoms with E-state index in [-0.39, 0.29) is 17.0 Å². The molecule has 3 aromatic rings. The maximum Gasteiger partial charge on any atom is 0.573 e. The van der Waals surface area contributed by atoms with Crippen LogP contribution in [0.4, 0.5) is 13.2 Å². The quantitative estimate of drug-likeness (QED) is 0.626. The standard InChI is InChI=1S/C17H11ClF3NO2/c1-23-14-9-10-5-4-7-12(18)15(10)22-16(14)11-6-2-3-8-13(11)24-17(19,20)21/h2-9H,1H3. The molecule has 124 valence electrons. The van der Waals surface area contributed by atoms with Crippen molar-refractivity contribution in [3.05, 3.63) is 53.6 Å². The molecular formula is C17H11ClF3NO2. The highest BCUT2D eigenvalue weighted by atomic mass is 35.5. The Morgan fingerprint density at radius 1 is 1.00 bits per heavy atom. The molecule has 1 aromatic heterocycles. The number of methoxy groups -OCH3 is 1.